The second kappa shape index (κ2) is 9.39. The van der Waals surface area contributed by atoms with E-state index in [2.05, 4.69) is 25.8 Å². The molecule has 162 valence electrons. The Hall–Kier alpha value is -3.73. The van der Waals surface area contributed by atoms with Crippen LogP contribution in [0.4, 0.5) is 14.6 Å². The Morgan fingerprint density at radius 1 is 1.06 bits per heavy atom. The van der Waals surface area contributed by atoms with Crippen molar-refractivity contribution in [2.75, 3.05) is 19.5 Å². The van der Waals surface area contributed by atoms with E-state index in [1.165, 1.54) is 32.7 Å². The van der Waals surface area contributed by atoms with Gasteiger partial charge in [-0.25, -0.2) is 8.78 Å². The molecule has 2 amide bonds. The number of hydrogen-bond acceptors (Lipinski definition) is 6. The average Bonchev–Trinajstić information content (AvgIpc) is 3.22. The number of aromatic amines is 1. The van der Waals surface area contributed by atoms with Crippen LogP contribution in [-0.2, 0) is 6.54 Å². The van der Waals surface area contributed by atoms with Gasteiger partial charge in [-0.1, -0.05) is 11.6 Å². The van der Waals surface area contributed by atoms with Crippen molar-refractivity contribution >= 4 is 29.2 Å². The van der Waals surface area contributed by atoms with Gasteiger partial charge in [0, 0.05) is 6.07 Å². The summed E-state index contributed by atoms with van der Waals surface area (Å²) in [5, 5.41) is 11.0. The molecule has 9 nitrogen and oxygen atoms in total. The summed E-state index contributed by atoms with van der Waals surface area (Å²) < 4.78 is 37.0. The highest BCUT2D eigenvalue weighted by molar-refractivity contribution is 6.34. The van der Waals surface area contributed by atoms with Crippen molar-refractivity contribution in [3.05, 3.63) is 64.1 Å². The van der Waals surface area contributed by atoms with E-state index in [-0.39, 0.29) is 28.6 Å². The van der Waals surface area contributed by atoms with Crippen LogP contribution >= 0.6 is 11.6 Å². The van der Waals surface area contributed by atoms with E-state index in [1.807, 2.05) is 0 Å². The molecule has 0 aliphatic carbocycles. The van der Waals surface area contributed by atoms with E-state index in [0.717, 1.165) is 0 Å². The summed E-state index contributed by atoms with van der Waals surface area (Å²) in [6.07, 6.45) is 2.97. The van der Waals surface area contributed by atoms with E-state index in [1.54, 1.807) is 0 Å². The molecule has 0 unspecified atom stereocenters. The number of H-pyrrole nitrogens is 1. The van der Waals surface area contributed by atoms with Crippen molar-refractivity contribution in [1.29, 1.82) is 0 Å². The van der Waals surface area contributed by atoms with Crippen molar-refractivity contribution < 1.29 is 27.8 Å². The predicted molar refractivity (Wildman–Crippen MR) is 106 cm³/mol. The first kappa shape index (κ1) is 22.0. The van der Waals surface area contributed by atoms with Crippen LogP contribution in [0.3, 0.4) is 0 Å². The number of nitrogens with zero attached hydrogens (tertiary/aromatic N) is 2. The van der Waals surface area contributed by atoms with Gasteiger partial charge in [-0.2, -0.15) is 5.10 Å². The highest BCUT2D eigenvalue weighted by Gasteiger charge is 2.18. The van der Waals surface area contributed by atoms with Crippen LogP contribution in [0.25, 0.3) is 0 Å². The molecule has 3 aromatic rings. The van der Waals surface area contributed by atoms with E-state index < -0.39 is 23.4 Å². The minimum atomic E-state index is -1.22. The number of nitrogens with one attached hydrogen (secondary N) is 3. The third-order valence-electron chi connectivity index (χ3n) is 4.16. The molecule has 2 aromatic heterocycles. The van der Waals surface area contributed by atoms with Crippen LogP contribution in [0.2, 0.25) is 5.02 Å². The minimum absolute atomic E-state index is 0.0185. The second-order valence-electron chi connectivity index (χ2n) is 6.07. The maximum absolute atomic E-state index is 13.4. The molecule has 0 aliphatic heterocycles. The molecule has 2 heterocycles. The van der Waals surface area contributed by atoms with Crippen molar-refractivity contribution in [2.45, 2.75) is 6.54 Å². The summed E-state index contributed by atoms with van der Waals surface area (Å²) in [6, 6.07) is 2.63. The minimum Gasteiger partial charge on any atom is -0.495 e. The Kier molecular flexibility index (Phi) is 6.65. The Morgan fingerprint density at radius 3 is 2.35 bits per heavy atom. The molecule has 0 saturated heterocycles. The van der Waals surface area contributed by atoms with E-state index >= 15 is 0 Å². The van der Waals surface area contributed by atoms with Crippen LogP contribution in [0.5, 0.6) is 11.5 Å². The van der Waals surface area contributed by atoms with E-state index in [0.29, 0.717) is 29.2 Å². The third-order valence-corrected chi connectivity index (χ3v) is 4.48. The van der Waals surface area contributed by atoms with Crippen LogP contribution in [0, 0.1) is 11.6 Å². The molecule has 3 rings (SSSR count). The first-order chi connectivity index (χ1) is 14.8. The van der Waals surface area contributed by atoms with Crippen molar-refractivity contribution in [3.63, 3.8) is 0 Å². The summed E-state index contributed by atoms with van der Waals surface area (Å²) in [5.41, 5.74) is 0.333. The molecule has 31 heavy (non-hydrogen) atoms. The zero-order valence-corrected chi connectivity index (χ0v) is 17.0. The van der Waals surface area contributed by atoms with Gasteiger partial charge in [0.1, 0.15) is 17.2 Å². The number of carbonyl (C=O) groups is 2. The van der Waals surface area contributed by atoms with Gasteiger partial charge in [0.25, 0.3) is 11.8 Å². The average molecular weight is 452 g/mol. The molecular formula is C19H16ClF2N5O4. The van der Waals surface area contributed by atoms with Crippen molar-refractivity contribution in [2.24, 2.45) is 0 Å². The number of hydrogen-bond donors (Lipinski definition) is 3. The first-order valence-corrected chi connectivity index (χ1v) is 9.06. The largest absolute Gasteiger partial charge is 0.495 e. The molecule has 12 heteroatoms. The second-order valence-corrected chi connectivity index (χ2v) is 6.48. The molecule has 0 radical (unpaired) electrons. The zero-order chi connectivity index (χ0) is 22.5. The summed E-state index contributed by atoms with van der Waals surface area (Å²) in [7, 11) is 2.93. The standard InChI is InChI=1S/C19H16ClF2N5O4/c1-30-15-7-23-8-16(31-2)10(15)6-24-19(29)14-5-17(27-26-14)25-18(28)9-3-12(21)13(22)4-11(9)20/h3-5,7-8H,6H2,1-2H3,(H,24,29)(H2,25,26,27,28). The number of benzene rings is 1. The van der Waals surface area contributed by atoms with E-state index in [9.17, 15) is 18.4 Å². The van der Waals surface area contributed by atoms with Gasteiger partial charge in [0.05, 0.1) is 49.3 Å². The highest BCUT2D eigenvalue weighted by atomic mass is 35.5. The lowest BCUT2D eigenvalue weighted by atomic mass is 10.2. The quantitative estimate of drug-likeness (QED) is 0.475. The molecule has 0 bridgehead atoms. The SMILES string of the molecule is COc1cncc(OC)c1CNC(=O)c1cc(NC(=O)c2cc(F)c(F)cc2Cl)n[nH]1. The molecular weight excluding hydrogens is 436 g/mol. The summed E-state index contributed by atoms with van der Waals surface area (Å²) in [4.78, 5) is 28.6. The maximum atomic E-state index is 13.4. The fraction of sp³-hybridized carbons (Fsp3) is 0.158. The van der Waals surface area contributed by atoms with Gasteiger partial charge >= 0.3 is 0 Å². The van der Waals surface area contributed by atoms with Crippen LogP contribution in [0.1, 0.15) is 26.4 Å². The number of carbonyl (C=O) groups excluding carboxylic acids is 2. The number of aromatic nitrogens is 3. The van der Waals surface area contributed by atoms with Gasteiger partial charge in [0.15, 0.2) is 17.5 Å². The molecule has 0 atom stereocenters. The summed E-state index contributed by atoms with van der Waals surface area (Å²) in [6.45, 7) is 0.0683. The molecule has 0 saturated carbocycles. The maximum Gasteiger partial charge on any atom is 0.269 e. The number of pyridine rings is 1. The Balaban J connectivity index is 1.68. The van der Waals surface area contributed by atoms with Crippen LogP contribution in [0.15, 0.2) is 30.6 Å². The smallest absolute Gasteiger partial charge is 0.269 e. The number of rotatable bonds is 7. The Labute approximate surface area is 179 Å². The van der Waals surface area contributed by atoms with Gasteiger partial charge in [0.2, 0.25) is 0 Å². The zero-order valence-electron chi connectivity index (χ0n) is 16.3. The topological polar surface area (TPSA) is 118 Å². The molecule has 3 N–H and O–H groups in total. The van der Waals surface area contributed by atoms with Gasteiger partial charge in [-0.15, -0.1) is 0 Å². The van der Waals surface area contributed by atoms with Gasteiger partial charge in [-0.05, 0) is 12.1 Å². The van der Waals surface area contributed by atoms with Crippen molar-refractivity contribution in [1.82, 2.24) is 20.5 Å². The summed E-state index contributed by atoms with van der Waals surface area (Å²) in [5.74, 6) is -2.91. The lowest BCUT2D eigenvalue weighted by Gasteiger charge is -2.12. The number of ether oxygens (including phenoxy) is 2. The van der Waals surface area contributed by atoms with Crippen LogP contribution < -0.4 is 20.1 Å². The first-order valence-electron chi connectivity index (χ1n) is 8.68. The molecule has 0 fully saturated rings. The lowest BCUT2D eigenvalue weighted by Crippen LogP contribution is -2.23. The molecule has 0 aliphatic rings. The predicted octanol–water partition coefficient (Wildman–Crippen LogP) is 2.94. The van der Waals surface area contributed by atoms with Crippen LogP contribution in [-0.4, -0.2) is 41.2 Å². The number of methoxy groups -OCH3 is 2. The summed E-state index contributed by atoms with van der Waals surface area (Å²) >= 11 is 5.78. The fourth-order valence-electron chi connectivity index (χ4n) is 2.62. The number of halogens is 3. The highest BCUT2D eigenvalue weighted by Crippen LogP contribution is 2.26. The monoisotopic (exact) mass is 451 g/mol. The molecule has 1 aromatic carbocycles. The number of anilines is 1. The third kappa shape index (κ3) is 4.89. The van der Waals surface area contributed by atoms with Crippen molar-refractivity contribution in [3.8, 4) is 11.5 Å². The molecule has 0 spiro atoms. The van der Waals surface area contributed by atoms with Gasteiger partial charge in [-0.3, -0.25) is 19.7 Å². The Morgan fingerprint density at radius 2 is 1.71 bits per heavy atom. The van der Waals surface area contributed by atoms with Gasteiger partial charge < -0.3 is 20.1 Å². The number of amides is 2. The normalized spacial score (nSPS) is 10.5. The van der Waals surface area contributed by atoms with E-state index in [4.69, 9.17) is 21.1 Å². The fourth-order valence-corrected chi connectivity index (χ4v) is 2.86. The lowest BCUT2D eigenvalue weighted by molar-refractivity contribution is 0.0944. The Bertz CT molecular complexity index is 1120.